The summed E-state index contributed by atoms with van der Waals surface area (Å²) in [5, 5.41) is 11.5. The number of nitrogens with one attached hydrogen (secondary N) is 1. The predicted molar refractivity (Wildman–Crippen MR) is 91.8 cm³/mol. The third-order valence-corrected chi connectivity index (χ3v) is 6.11. The van der Waals surface area contributed by atoms with Crippen LogP contribution in [-0.2, 0) is 23.1 Å². The summed E-state index contributed by atoms with van der Waals surface area (Å²) in [6.45, 7) is 5.09. The lowest BCUT2D eigenvalue weighted by molar-refractivity contribution is 0.196. The van der Waals surface area contributed by atoms with E-state index in [-0.39, 0.29) is 5.75 Å². The van der Waals surface area contributed by atoms with E-state index in [0.29, 0.717) is 32.1 Å². The normalized spacial score (nSPS) is 16.2. The van der Waals surface area contributed by atoms with E-state index in [9.17, 15) is 8.42 Å². The minimum absolute atomic E-state index is 0.178. The van der Waals surface area contributed by atoms with Crippen LogP contribution in [0.25, 0.3) is 0 Å². The van der Waals surface area contributed by atoms with Gasteiger partial charge in [0.05, 0.1) is 24.2 Å². The molecule has 2 heterocycles. The maximum absolute atomic E-state index is 11.7. The molecule has 24 heavy (non-hydrogen) atoms. The highest BCUT2D eigenvalue weighted by Crippen LogP contribution is 2.19. The molecule has 7 nitrogen and oxygen atoms in total. The molecule has 0 spiro atoms. The Morgan fingerprint density at radius 3 is 2.71 bits per heavy atom. The minimum atomic E-state index is -3.02. The van der Waals surface area contributed by atoms with Crippen LogP contribution in [-0.4, -0.2) is 53.1 Å². The van der Waals surface area contributed by atoms with Crippen molar-refractivity contribution < 1.29 is 8.42 Å². The minimum Gasteiger partial charge on any atom is -0.311 e. The van der Waals surface area contributed by atoms with Gasteiger partial charge in [-0.15, -0.1) is 5.10 Å². The largest absolute Gasteiger partial charge is 0.311 e. The van der Waals surface area contributed by atoms with Crippen LogP contribution in [0.5, 0.6) is 0 Å². The second kappa shape index (κ2) is 7.42. The first-order chi connectivity index (χ1) is 11.6. The van der Waals surface area contributed by atoms with Crippen molar-refractivity contribution in [2.45, 2.75) is 20.0 Å². The van der Waals surface area contributed by atoms with Crippen molar-refractivity contribution in [1.29, 1.82) is 0 Å². The molecule has 2 aromatic rings. The summed E-state index contributed by atoms with van der Waals surface area (Å²) < 4.78 is 26.8. The monoisotopic (exact) mass is 349 g/mol. The molecule has 8 heteroatoms. The summed E-state index contributed by atoms with van der Waals surface area (Å²) in [7, 11) is -3.02. The number of sulfonamides is 1. The van der Waals surface area contributed by atoms with E-state index in [4.69, 9.17) is 0 Å². The zero-order chi connectivity index (χ0) is 17.0. The molecule has 0 atom stereocenters. The molecule has 1 aliphatic rings. The van der Waals surface area contributed by atoms with Crippen LogP contribution in [0.2, 0.25) is 0 Å². The van der Waals surface area contributed by atoms with Crippen LogP contribution in [0.15, 0.2) is 36.5 Å². The number of aromatic nitrogens is 3. The van der Waals surface area contributed by atoms with E-state index >= 15 is 0 Å². The highest BCUT2D eigenvalue weighted by atomic mass is 32.2. The van der Waals surface area contributed by atoms with Crippen molar-refractivity contribution in [2.24, 2.45) is 5.92 Å². The van der Waals surface area contributed by atoms with Crippen molar-refractivity contribution >= 4 is 10.0 Å². The van der Waals surface area contributed by atoms with Crippen LogP contribution < -0.4 is 5.32 Å². The van der Waals surface area contributed by atoms with Crippen LogP contribution in [0.4, 0.5) is 0 Å². The Bertz CT molecular complexity index is 754. The van der Waals surface area contributed by atoms with Gasteiger partial charge in [-0.05, 0) is 18.4 Å². The number of hydrogen-bond donors (Lipinski definition) is 1. The summed E-state index contributed by atoms with van der Waals surface area (Å²) >= 11 is 0. The van der Waals surface area contributed by atoms with Crippen molar-refractivity contribution in [2.75, 3.05) is 25.4 Å². The van der Waals surface area contributed by atoms with Gasteiger partial charge in [0.1, 0.15) is 0 Å². The Kier molecular flexibility index (Phi) is 5.27. The number of rotatable bonds is 8. The van der Waals surface area contributed by atoms with Crippen molar-refractivity contribution in [3.63, 3.8) is 0 Å². The average molecular weight is 349 g/mol. The van der Waals surface area contributed by atoms with Gasteiger partial charge in [0.2, 0.25) is 10.0 Å². The van der Waals surface area contributed by atoms with E-state index in [0.717, 1.165) is 12.2 Å². The fraction of sp³-hybridized carbons (Fsp3) is 0.500. The predicted octanol–water partition coefficient (Wildman–Crippen LogP) is 0.698. The molecule has 1 aromatic carbocycles. The van der Waals surface area contributed by atoms with Gasteiger partial charge < -0.3 is 5.32 Å². The second-order valence-corrected chi connectivity index (χ2v) is 8.34. The maximum atomic E-state index is 11.7. The molecule has 1 aliphatic heterocycles. The number of hydrogen-bond acceptors (Lipinski definition) is 5. The topological polar surface area (TPSA) is 80.1 Å². The van der Waals surface area contributed by atoms with Gasteiger partial charge in [-0.25, -0.2) is 17.4 Å². The Labute approximate surface area is 142 Å². The van der Waals surface area contributed by atoms with Crippen LogP contribution >= 0.6 is 0 Å². The van der Waals surface area contributed by atoms with Gasteiger partial charge >= 0.3 is 0 Å². The molecule has 0 unspecified atom stereocenters. The van der Waals surface area contributed by atoms with Crippen LogP contribution in [0.3, 0.4) is 0 Å². The van der Waals surface area contributed by atoms with Gasteiger partial charge in [-0.1, -0.05) is 35.5 Å². The van der Waals surface area contributed by atoms with Gasteiger partial charge in [0.25, 0.3) is 0 Å². The van der Waals surface area contributed by atoms with E-state index in [1.807, 2.05) is 22.9 Å². The van der Waals surface area contributed by atoms with E-state index < -0.39 is 10.0 Å². The molecule has 1 fully saturated rings. The third kappa shape index (κ3) is 4.00. The molecule has 1 aromatic heterocycles. The standard InChI is InChI=1S/C16H23N5O2S/c1-2-24(22,23)20-11-15(12-20)8-17-9-16-10-18-19-21(16)13-14-6-4-3-5-7-14/h3-7,10,15,17H,2,8-9,11-13H2,1H3. The molecule has 1 saturated heterocycles. The van der Waals surface area contributed by atoms with E-state index in [1.54, 1.807) is 17.4 Å². The SMILES string of the molecule is CCS(=O)(=O)N1CC(CNCc2cnnn2Cc2ccccc2)C1. The first-order valence-electron chi connectivity index (χ1n) is 8.18. The van der Waals surface area contributed by atoms with Crippen molar-refractivity contribution in [1.82, 2.24) is 24.6 Å². The zero-order valence-corrected chi connectivity index (χ0v) is 14.6. The fourth-order valence-corrected chi connectivity index (χ4v) is 4.01. The lowest BCUT2D eigenvalue weighted by Gasteiger charge is -2.38. The second-order valence-electron chi connectivity index (χ2n) is 6.08. The Balaban J connectivity index is 1.45. The summed E-state index contributed by atoms with van der Waals surface area (Å²) in [5.74, 6) is 0.557. The Morgan fingerprint density at radius 1 is 1.25 bits per heavy atom. The maximum Gasteiger partial charge on any atom is 0.213 e. The first-order valence-corrected chi connectivity index (χ1v) is 9.79. The molecule has 0 bridgehead atoms. The lowest BCUT2D eigenvalue weighted by atomic mass is 10.0. The molecule has 3 rings (SSSR count). The zero-order valence-electron chi connectivity index (χ0n) is 13.8. The molecular formula is C16H23N5O2S. The quantitative estimate of drug-likeness (QED) is 0.759. The van der Waals surface area contributed by atoms with E-state index in [2.05, 4.69) is 27.8 Å². The number of nitrogens with zero attached hydrogens (tertiary/aromatic N) is 4. The summed E-state index contributed by atoms with van der Waals surface area (Å²) in [4.78, 5) is 0. The third-order valence-electron chi connectivity index (χ3n) is 4.29. The molecule has 1 N–H and O–H groups in total. The van der Waals surface area contributed by atoms with Gasteiger partial charge in [-0.2, -0.15) is 0 Å². The van der Waals surface area contributed by atoms with Gasteiger partial charge in [0, 0.05) is 26.2 Å². The fourth-order valence-electron chi connectivity index (χ4n) is 2.77. The molecule has 130 valence electrons. The summed E-state index contributed by atoms with van der Waals surface area (Å²) in [6, 6.07) is 10.1. The van der Waals surface area contributed by atoms with Gasteiger partial charge in [-0.3, -0.25) is 0 Å². The van der Waals surface area contributed by atoms with E-state index in [1.165, 1.54) is 5.56 Å². The molecular weight excluding hydrogens is 326 g/mol. The van der Waals surface area contributed by atoms with Gasteiger partial charge in [0.15, 0.2) is 0 Å². The Hall–Kier alpha value is -1.77. The van der Waals surface area contributed by atoms with Crippen molar-refractivity contribution in [3.05, 3.63) is 47.8 Å². The lowest BCUT2D eigenvalue weighted by Crippen LogP contribution is -2.53. The highest BCUT2D eigenvalue weighted by Gasteiger charge is 2.34. The Morgan fingerprint density at radius 2 is 2.00 bits per heavy atom. The average Bonchev–Trinajstić information content (AvgIpc) is 2.97. The molecule has 0 saturated carbocycles. The summed E-state index contributed by atoms with van der Waals surface area (Å²) in [6.07, 6.45) is 1.77. The molecule has 0 amide bonds. The smallest absolute Gasteiger partial charge is 0.213 e. The number of benzene rings is 1. The summed E-state index contributed by atoms with van der Waals surface area (Å²) in [5.41, 5.74) is 2.21. The van der Waals surface area contributed by atoms with Crippen LogP contribution in [0.1, 0.15) is 18.2 Å². The highest BCUT2D eigenvalue weighted by molar-refractivity contribution is 7.89. The molecule has 0 aliphatic carbocycles. The molecule has 0 radical (unpaired) electrons. The first kappa shape index (κ1) is 17.1. The van der Waals surface area contributed by atoms with Crippen LogP contribution in [0, 0.1) is 5.92 Å². The van der Waals surface area contributed by atoms with Crippen molar-refractivity contribution in [3.8, 4) is 0 Å².